The average Bonchev–Trinajstić information content (AvgIpc) is 3.96. The highest BCUT2D eigenvalue weighted by atomic mass is 35.5. The number of epoxide rings is 1. The number of hydrogen-bond donors (Lipinski definition) is 3. The Labute approximate surface area is 440 Å². The van der Waals surface area contributed by atoms with Gasteiger partial charge in [0.1, 0.15) is 47.3 Å². The Hall–Kier alpha value is -5.24. The molecule has 3 aromatic carbocycles. The molecule has 394 valence electrons. The number of halogens is 1. The largest absolute Gasteiger partial charge is 0.495 e. The van der Waals surface area contributed by atoms with Gasteiger partial charge in [0.2, 0.25) is 11.8 Å². The molecule has 0 aromatic heterocycles. The number of carbonyl (C=O) groups is 5. The SMILES string of the molecule is COc1cc2cc(c1Cl)N(C)C(=O)C[C@H](OC(=O)[C@H](C)N(C)C(=O)CCSSC(C)(C)CNC(=O)OCC1c3ccccc3-c3ccccc31)C1(C)O[C@H]1[C@H](C)[C@@H]1C[C@@](O)(NC(=O)O1)[C@H](OC)/C=C\C=C(\C)C2. The monoisotopic (exact) mass is 1060 g/mol. The number of likely N-dealkylation sites (N-methyl/N-ethyl adjacent to an activating group) is 1. The minimum absolute atomic E-state index is 0.0489. The first-order chi connectivity index (χ1) is 34.6. The van der Waals surface area contributed by atoms with Crippen molar-refractivity contribution >= 4 is 68.8 Å². The summed E-state index contributed by atoms with van der Waals surface area (Å²) >= 11 is 6.83. The van der Waals surface area contributed by atoms with Gasteiger partial charge in [0.05, 0.1) is 25.3 Å². The van der Waals surface area contributed by atoms with Gasteiger partial charge < -0.3 is 48.6 Å². The summed E-state index contributed by atoms with van der Waals surface area (Å²) in [5, 5.41) is 17.5. The topological polar surface area (TPSA) is 195 Å². The molecule has 7 rings (SSSR count). The first kappa shape index (κ1) is 55.5. The molecule has 4 aliphatic rings. The van der Waals surface area contributed by atoms with E-state index < -0.39 is 76.5 Å². The first-order valence-electron chi connectivity index (χ1n) is 24.3. The van der Waals surface area contributed by atoms with Crippen LogP contribution < -0.4 is 20.3 Å². The van der Waals surface area contributed by atoms with Crippen molar-refractivity contribution < 1.29 is 57.5 Å². The van der Waals surface area contributed by atoms with Gasteiger partial charge in [-0.25, -0.2) is 14.4 Å². The van der Waals surface area contributed by atoms with E-state index >= 15 is 0 Å². The predicted molar refractivity (Wildman–Crippen MR) is 283 cm³/mol. The number of hydrogen-bond acceptors (Lipinski definition) is 14. The van der Waals surface area contributed by atoms with Crippen LogP contribution in [-0.4, -0.2) is 134 Å². The average molecular weight is 1060 g/mol. The zero-order valence-corrected chi connectivity index (χ0v) is 45.4. The van der Waals surface area contributed by atoms with Crippen LogP contribution in [0, 0.1) is 5.92 Å². The number of nitrogens with one attached hydrogen (secondary N) is 2. The van der Waals surface area contributed by atoms with Crippen LogP contribution in [0.25, 0.3) is 11.1 Å². The Balaban J connectivity index is 0.978. The third-order valence-corrected chi connectivity index (χ3v) is 17.9. The lowest BCUT2D eigenvalue weighted by atomic mass is 9.83. The van der Waals surface area contributed by atoms with Gasteiger partial charge in [-0.1, -0.05) is 112 Å². The number of esters is 1. The summed E-state index contributed by atoms with van der Waals surface area (Å²) in [5.41, 5.74) is 3.53. The molecule has 1 aliphatic carbocycles. The minimum Gasteiger partial charge on any atom is -0.495 e. The summed E-state index contributed by atoms with van der Waals surface area (Å²) < 4.78 is 34.9. The summed E-state index contributed by atoms with van der Waals surface area (Å²) in [7, 11) is 9.01. The molecule has 73 heavy (non-hydrogen) atoms. The van der Waals surface area contributed by atoms with Crippen molar-refractivity contribution in [3.63, 3.8) is 0 Å². The van der Waals surface area contributed by atoms with Crippen LogP contribution in [0.3, 0.4) is 0 Å². The molecule has 0 spiro atoms. The van der Waals surface area contributed by atoms with Gasteiger partial charge in [-0.15, -0.1) is 0 Å². The molecule has 16 nitrogen and oxygen atoms in total. The number of methoxy groups -OCH3 is 2. The van der Waals surface area contributed by atoms with Crippen molar-refractivity contribution in [2.45, 2.75) is 120 Å². The Morgan fingerprint density at radius 3 is 2.41 bits per heavy atom. The van der Waals surface area contributed by atoms with E-state index in [9.17, 15) is 29.1 Å². The van der Waals surface area contributed by atoms with Gasteiger partial charge in [0.15, 0.2) is 5.72 Å². The molecule has 8 atom stereocenters. The number of amides is 4. The van der Waals surface area contributed by atoms with Crippen molar-refractivity contribution in [1.29, 1.82) is 0 Å². The summed E-state index contributed by atoms with van der Waals surface area (Å²) in [4.78, 5) is 70.7. The highest BCUT2D eigenvalue weighted by molar-refractivity contribution is 8.77. The number of nitrogens with zero attached hydrogens (tertiary/aromatic N) is 2. The Morgan fingerprint density at radius 2 is 1.75 bits per heavy atom. The summed E-state index contributed by atoms with van der Waals surface area (Å²) in [5.74, 6) is -1.36. The van der Waals surface area contributed by atoms with Crippen molar-refractivity contribution in [3.8, 4) is 16.9 Å². The number of rotatable bonds is 14. The van der Waals surface area contributed by atoms with E-state index in [4.69, 9.17) is 40.0 Å². The number of anilines is 1. The van der Waals surface area contributed by atoms with Gasteiger partial charge in [-0.05, 0) is 81.0 Å². The lowest BCUT2D eigenvalue weighted by Gasteiger charge is -2.42. The molecule has 4 amide bonds. The van der Waals surface area contributed by atoms with E-state index in [1.54, 1.807) is 52.1 Å². The minimum atomic E-state index is -1.86. The first-order valence-corrected chi connectivity index (χ1v) is 27.0. The molecule has 0 saturated carbocycles. The van der Waals surface area contributed by atoms with Gasteiger partial charge in [-0.3, -0.25) is 14.9 Å². The van der Waals surface area contributed by atoms with E-state index in [2.05, 4.69) is 34.9 Å². The van der Waals surface area contributed by atoms with Crippen LogP contribution in [0.5, 0.6) is 5.75 Å². The predicted octanol–water partition coefficient (Wildman–Crippen LogP) is 8.60. The van der Waals surface area contributed by atoms with Crippen LogP contribution in [0.2, 0.25) is 5.02 Å². The summed E-state index contributed by atoms with van der Waals surface area (Å²) in [6.07, 6.45) is 0.273. The molecular formula is C54H67ClN4O12S2. The van der Waals surface area contributed by atoms with Crippen LogP contribution >= 0.6 is 33.2 Å². The number of fused-ring (bicyclic) bond motifs is 8. The van der Waals surface area contributed by atoms with E-state index in [0.717, 1.165) is 33.4 Å². The lowest BCUT2D eigenvalue weighted by Crippen LogP contribution is -2.63. The number of allylic oxidation sites excluding steroid dienone is 3. The third kappa shape index (κ3) is 12.7. The zero-order valence-electron chi connectivity index (χ0n) is 43.0. The fourth-order valence-corrected chi connectivity index (χ4v) is 12.4. The maximum Gasteiger partial charge on any atom is 0.409 e. The van der Waals surface area contributed by atoms with E-state index in [1.807, 2.05) is 51.1 Å². The summed E-state index contributed by atoms with van der Waals surface area (Å²) in [6.45, 7) is 11.5. The van der Waals surface area contributed by atoms with Gasteiger partial charge in [0, 0.05) is 62.9 Å². The van der Waals surface area contributed by atoms with Crippen molar-refractivity contribution in [2.24, 2.45) is 5.92 Å². The second-order valence-electron chi connectivity index (χ2n) is 20.0. The second kappa shape index (κ2) is 23.1. The molecule has 3 N–H and O–H groups in total. The van der Waals surface area contributed by atoms with Crippen LogP contribution in [-0.2, 0) is 44.5 Å². The molecule has 3 aromatic rings. The lowest BCUT2D eigenvalue weighted by molar-refractivity contribution is -0.162. The number of carbonyl (C=O) groups excluding carboxylic acids is 5. The number of aliphatic hydroxyl groups is 1. The number of ether oxygens (including phenoxy) is 6. The smallest absolute Gasteiger partial charge is 0.409 e. The van der Waals surface area contributed by atoms with Crippen molar-refractivity contribution in [3.05, 3.63) is 106 Å². The molecule has 3 heterocycles. The van der Waals surface area contributed by atoms with Gasteiger partial charge in [-0.2, -0.15) is 0 Å². The Bertz CT molecular complexity index is 2590. The van der Waals surface area contributed by atoms with Crippen LogP contribution in [0.1, 0.15) is 83.4 Å². The van der Waals surface area contributed by atoms with Crippen LogP contribution in [0.15, 0.2) is 84.5 Å². The highest BCUT2D eigenvalue weighted by Gasteiger charge is 2.64. The molecule has 1 unspecified atom stereocenters. The summed E-state index contributed by atoms with van der Waals surface area (Å²) in [6, 6.07) is 18.9. The molecule has 19 heteroatoms. The quantitative estimate of drug-likeness (QED) is 0.0457. The van der Waals surface area contributed by atoms with Crippen molar-refractivity contribution in [1.82, 2.24) is 15.5 Å². The maximum absolute atomic E-state index is 14.4. The molecule has 2 saturated heterocycles. The third-order valence-electron chi connectivity index (χ3n) is 14.2. The fourth-order valence-electron chi connectivity index (χ4n) is 9.69. The second-order valence-corrected chi connectivity index (χ2v) is 23.5. The van der Waals surface area contributed by atoms with Crippen molar-refractivity contribution in [2.75, 3.05) is 52.1 Å². The standard InChI is InChI=1S/C54H67ClN4O12S2/c1-31-16-15-21-43(67-10)54(65)28-42(69-51(64)57-54)32(2)48-53(6,71-48)44(27-46(61)59(8)40-25-34(24-31)26-41(66-9)47(40)55)70-49(62)33(3)58(7)45(60)22-23-72-73-52(4,5)30-56-50(63)68-29-39-37-19-13-11-17-35(37)36-18-12-14-20-38(36)39/h11-21,25-26,32-33,39,42-44,48,65H,22-24,27-30H2,1-10H3,(H,56,63)(H,57,64)/b21-15-,31-16-/t32-,33+,42+,43-,44+,48+,53?,54+/m1/s1. The number of alkyl carbamates (subject to hydrolysis) is 2. The van der Waals surface area contributed by atoms with Crippen LogP contribution in [0.4, 0.5) is 15.3 Å². The normalized spacial score (nSPS) is 26.6. The van der Waals surface area contributed by atoms with E-state index in [0.29, 0.717) is 30.2 Å². The van der Waals surface area contributed by atoms with Gasteiger partial charge >= 0.3 is 18.2 Å². The fraction of sp³-hybridized carbons (Fsp3) is 0.500. The van der Waals surface area contributed by atoms with E-state index in [-0.39, 0.29) is 42.7 Å². The Kier molecular flexibility index (Phi) is 17.6. The zero-order chi connectivity index (χ0) is 53.0. The van der Waals surface area contributed by atoms with E-state index in [1.165, 1.54) is 52.7 Å². The molecule has 3 aliphatic heterocycles. The highest BCUT2D eigenvalue weighted by Crippen LogP contribution is 2.50. The van der Waals surface area contributed by atoms with Gasteiger partial charge in [0.25, 0.3) is 0 Å². The molecule has 0 radical (unpaired) electrons. The Morgan fingerprint density at radius 1 is 1.08 bits per heavy atom. The molecular weight excluding hydrogens is 996 g/mol. The molecule has 4 bridgehead atoms. The number of benzene rings is 3. The maximum atomic E-state index is 14.4. The molecule has 2 fully saturated rings.